The largest absolute Gasteiger partial charge is 0.484 e. The number of hydrogen-bond donors (Lipinski definition) is 2. The highest BCUT2D eigenvalue weighted by Crippen LogP contribution is 2.18. The van der Waals surface area contributed by atoms with Crippen LogP contribution in [0.4, 0.5) is 0 Å². The molecular formula is C14H20N2O4. The third-order valence-electron chi connectivity index (χ3n) is 3.08. The van der Waals surface area contributed by atoms with Crippen LogP contribution in [-0.2, 0) is 4.79 Å². The van der Waals surface area contributed by atoms with Crippen molar-refractivity contribution in [3.05, 3.63) is 29.8 Å². The topological polar surface area (TPSA) is 92.9 Å². The molecule has 0 aliphatic carbocycles. The van der Waals surface area contributed by atoms with Crippen molar-refractivity contribution in [3.63, 3.8) is 0 Å². The van der Waals surface area contributed by atoms with Crippen LogP contribution in [0.25, 0.3) is 0 Å². The van der Waals surface area contributed by atoms with E-state index in [0.717, 1.165) is 0 Å². The molecule has 0 saturated heterocycles. The third-order valence-corrected chi connectivity index (χ3v) is 3.08. The Labute approximate surface area is 118 Å². The number of nitrogens with zero attached hydrogens (tertiary/aromatic N) is 1. The highest BCUT2D eigenvalue weighted by molar-refractivity contribution is 5.94. The smallest absolute Gasteiger partial charge is 0.255 e. The summed E-state index contributed by atoms with van der Waals surface area (Å²) in [5.41, 5.74) is 4.80. The first-order valence-electron chi connectivity index (χ1n) is 6.18. The Morgan fingerprint density at radius 1 is 1.30 bits per heavy atom. The van der Waals surface area contributed by atoms with Crippen LogP contribution in [0.15, 0.2) is 24.3 Å². The number of likely N-dealkylation sites (N-methyl/N-ethyl adjacent to an activating group) is 1. The molecule has 0 radical (unpaired) electrons. The molecule has 1 aromatic rings. The molecule has 3 N–H and O–H groups in total. The van der Waals surface area contributed by atoms with E-state index in [9.17, 15) is 14.7 Å². The number of aliphatic hydroxyl groups is 1. The molecule has 6 nitrogen and oxygen atoms in total. The van der Waals surface area contributed by atoms with Gasteiger partial charge < -0.3 is 20.5 Å². The molecule has 6 heteroatoms. The summed E-state index contributed by atoms with van der Waals surface area (Å²) < 4.78 is 5.11. The van der Waals surface area contributed by atoms with Gasteiger partial charge in [0, 0.05) is 12.6 Å². The number of primary amides is 1. The summed E-state index contributed by atoms with van der Waals surface area (Å²) in [6.45, 7) is 3.21. The summed E-state index contributed by atoms with van der Waals surface area (Å²) in [5, 5.41) is 9.27. The first kappa shape index (κ1) is 16.0. The normalized spacial score (nSPS) is 11.0. The van der Waals surface area contributed by atoms with Gasteiger partial charge in [0.2, 0.25) is 0 Å². The summed E-state index contributed by atoms with van der Waals surface area (Å²) in [7, 11) is 1.63. The molecule has 2 amide bonds. The fourth-order valence-corrected chi connectivity index (χ4v) is 1.42. The molecule has 0 bridgehead atoms. The highest BCUT2D eigenvalue weighted by Gasteiger charge is 2.27. The molecular weight excluding hydrogens is 260 g/mol. The highest BCUT2D eigenvalue weighted by atomic mass is 16.5. The van der Waals surface area contributed by atoms with Crippen LogP contribution >= 0.6 is 0 Å². The predicted molar refractivity (Wildman–Crippen MR) is 74.4 cm³/mol. The molecule has 0 fully saturated rings. The van der Waals surface area contributed by atoms with E-state index in [1.807, 2.05) is 0 Å². The van der Waals surface area contributed by atoms with E-state index in [1.54, 1.807) is 45.2 Å². The van der Waals surface area contributed by atoms with E-state index in [2.05, 4.69) is 0 Å². The standard InChI is InChI=1S/C14H20N2O4/c1-14(2,9-17)16(3)13(19)10-4-6-11(7-5-10)20-8-12(15)18/h4-7,17H,8-9H2,1-3H3,(H2,15,18). The van der Waals surface area contributed by atoms with E-state index in [0.29, 0.717) is 11.3 Å². The van der Waals surface area contributed by atoms with Crippen molar-refractivity contribution in [2.75, 3.05) is 20.3 Å². The van der Waals surface area contributed by atoms with E-state index in [4.69, 9.17) is 10.5 Å². The summed E-state index contributed by atoms with van der Waals surface area (Å²) >= 11 is 0. The monoisotopic (exact) mass is 280 g/mol. The van der Waals surface area contributed by atoms with Gasteiger partial charge >= 0.3 is 0 Å². The number of amides is 2. The van der Waals surface area contributed by atoms with E-state index < -0.39 is 11.4 Å². The van der Waals surface area contributed by atoms with Gasteiger partial charge in [0.25, 0.3) is 11.8 Å². The van der Waals surface area contributed by atoms with Gasteiger partial charge in [0.05, 0.1) is 12.1 Å². The quantitative estimate of drug-likeness (QED) is 0.788. The molecule has 20 heavy (non-hydrogen) atoms. The molecule has 0 saturated carbocycles. The number of aliphatic hydroxyl groups excluding tert-OH is 1. The maximum absolute atomic E-state index is 12.2. The molecule has 0 aliphatic rings. The van der Waals surface area contributed by atoms with Gasteiger partial charge in [-0.1, -0.05) is 0 Å². The number of rotatable bonds is 6. The molecule has 0 heterocycles. The number of carbonyl (C=O) groups is 2. The van der Waals surface area contributed by atoms with Gasteiger partial charge in [-0.3, -0.25) is 9.59 Å². The van der Waals surface area contributed by atoms with Crippen LogP contribution in [0.2, 0.25) is 0 Å². The second-order valence-corrected chi connectivity index (χ2v) is 5.11. The zero-order valence-corrected chi connectivity index (χ0v) is 11.9. The Hall–Kier alpha value is -2.08. The SMILES string of the molecule is CN(C(=O)c1ccc(OCC(N)=O)cc1)C(C)(C)CO. The number of hydrogen-bond acceptors (Lipinski definition) is 4. The third kappa shape index (κ3) is 3.96. The fraction of sp³-hybridized carbons (Fsp3) is 0.429. The van der Waals surface area contributed by atoms with Gasteiger partial charge in [0.1, 0.15) is 5.75 Å². The molecule has 1 aromatic carbocycles. The average Bonchev–Trinajstić information content (AvgIpc) is 2.44. The van der Waals surface area contributed by atoms with Crippen LogP contribution < -0.4 is 10.5 Å². The summed E-state index contributed by atoms with van der Waals surface area (Å²) in [4.78, 5) is 24.3. The molecule has 1 rings (SSSR count). The molecule has 0 aliphatic heterocycles. The van der Waals surface area contributed by atoms with Crippen molar-refractivity contribution < 1.29 is 19.4 Å². The van der Waals surface area contributed by atoms with Crippen molar-refractivity contribution in [2.24, 2.45) is 5.73 Å². The lowest BCUT2D eigenvalue weighted by atomic mass is 10.0. The maximum Gasteiger partial charge on any atom is 0.255 e. The van der Waals surface area contributed by atoms with Crippen LogP contribution in [0.3, 0.4) is 0 Å². The van der Waals surface area contributed by atoms with Crippen molar-refractivity contribution >= 4 is 11.8 Å². The number of ether oxygens (including phenoxy) is 1. The zero-order valence-electron chi connectivity index (χ0n) is 11.9. The second kappa shape index (κ2) is 6.38. The minimum atomic E-state index is -0.641. The first-order chi connectivity index (χ1) is 9.27. The Bertz CT molecular complexity index is 482. The Kier molecular flexibility index (Phi) is 5.10. The lowest BCUT2D eigenvalue weighted by Crippen LogP contribution is -2.47. The van der Waals surface area contributed by atoms with Crippen molar-refractivity contribution in [3.8, 4) is 5.75 Å². The van der Waals surface area contributed by atoms with Crippen LogP contribution in [0.1, 0.15) is 24.2 Å². The van der Waals surface area contributed by atoms with Crippen LogP contribution in [-0.4, -0.2) is 47.6 Å². The van der Waals surface area contributed by atoms with Crippen LogP contribution in [0.5, 0.6) is 5.75 Å². The predicted octanol–water partition coefficient (Wildman–Crippen LogP) is 0.394. The summed E-state index contributed by atoms with van der Waals surface area (Å²) in [6, 6.07) is 6.39. The van der Waals surface area contributed by atoms with Crippen molar-refractivity contribution in [2.45, 2.75) is 19.4 Å². The Morgan fingerprint density at radius 2 is 1.85 bits per heavy atom. The maximum atomic E-state index is 12.2. The number of benzene rings is 1. The second-order valence-electron chi connectivity index (χ2n) is 5.11. The van der Waals surface area contributed by atoms with Gasteiger partial charge in [-0.2, -0.15) is 0 Å². The summed E-state index contributed by atoms with van der Waals surface area (Å²) in [5.74, 6) is -0.301. The fourth-order valence-electron chi connectivity index (χ4n) is 1.42. The molecule has 0 unspecified atom stereocenters. The molecule has 0 atom stereocenters. The van der Waals surface area contributed by atoms with Gasteiger partial charge in [0.15, 0.2) is 6.61 Å². The van der Waals surface area contributed by atoms with E-state index >= 15 is 0 Å². The Balaban J connectivity index is 2.78. The van der Waals surface area contributed by atoms with Gasteiger partial charge in [-0.25, -0.2) is 0 Å². The average molecular weight is 280 g/mol. The first-order valence-corrected chi connectivity index (χ1v) is 6.18. The molecule has 0 spiro atoms. The number of nitrogens with two attached hydrogens (primary N) is 1. The van der Waals surface area contributed by atoms with Crippen LogP contribution in [0, 0.1) is 0 Å². The lowest BCUT2D eigenvalue weighted by Gasteiger charge is -2.34. The van der Waals surface area contributed by atoms with Crippen molar-refractivity contribution in [1.82, 2.24) is 4.90 Å². The van der Waals surface area contributed by atoms with Gasteiger partial charge in [-0.15, -0.1) is 0 Å². The summed E-state index contributed by atoms with van der Waals surface area (Å²) in [6.07, 6.45) is 0. The lowest BCUT2D eigenvalue weighted by molar-refractivity contribution is -0.119. The molecule has 0 aromatic heterocycles. The van der Waals surface area contributed by atoms with E-state index in [-0.39, 0.29) is 19.1 Å². The van der Waals surface area contributed by atoms with Gasteiger partial charge in [-0.05, 0) is 38.1 Å². The Morgan fingerprint density at radius 3 is 2.30 bits per heavy atom. The number of carbonyl (C=O) groups excluding carboxylic acids is 2. The minimum Gasteiger partial charge on any atom is -0.484 e. The van der Waals surface area contributed by atoms with Crippen molar-refractivity contribution in [1.29, 1.82) is 0 Å². The molecule has 110 valence electrons. The van der Waals surface area contributed by atoms with E-state index in [1.165, 1.54) is 4.90 Å². The zero-order chi connectivity index (χ0) is 15.3. The minimum absolute atomic E-state index is 0.130.